The van der Waals surface area contributed by atoms with E-state index in [1.165, 1.54) is 0 Å². The van der Waals surface area contributed by atoms with Crippen molar-refractivity contribution in [3.05, 3.63) is 11.7 Å². The first-order valence-electron chi connectivity index (χ1n) is 5.45. The lowest BCUT2D eigenvalue weighted by Crippen LogP contribution is -2.15. The second-order valence-corrected chi connectivity index (χ2v) is 4.15. The van der Waals surface area contributed by atoms with E-state index in [-0.39, 0.29) is 12.1 Å². The van der Waals surface area contributed by atoms with E-state index in [0.717, 1.165) is 12.2 Å². The summed E-state index contributed by atoms with van der Waals surface area (Å²) in [5, 5.41) is 16.5. The van der Waals surface area contributed by atoms with E-state index in [9.17, 15) is 5.11 Å². The van der Waals surface area contributed by atoms with Gasteiger partial charge in [-0.25, -0.2) is 0 Å². The summed E-state index contributed by atoms with van der Waals surface area (Å²) in [6.07, 6.45) is 1.36. The first-order chi connectivity index (χ1) is 7.20. The van der Waals surface area contributed by atoms with Gasteiger partial charge in [0.05, 0.1) is 12.1 Å². The molecule has 0 bridgehead atoms. The zero-order valence-electron chi connectivity index (χ0n) is 9.10. The SMILES string of the molecule is CCC(C)c1noc([C@H]2C[C@@H](O)CN2)n1. The highest BCUT2D eigenvalue weighted by Crippen LogP contribution is 2.23. The molecule has 0 aliphatic carbocycles. The molecule has 84 valence electrons. The standard InChI is InChI=1S/C10H17N3O2/c1-3-6(2)9-12-10(15-13-9)8-4-7(14)5-11-8/h6-8,11,14H,3-5H2,1-2H3/t6?,7-,8-/m1/s1. The van der Waals surface area contributed by atoms with E-state index in [0.29, 0.717) is 24.8 Å². The van der Waals surface area contributed by atoms with Gasteiger partial charge in [0.1, 0.15) is 0 Å². The molecule has 1 saturated heterocycles. The second kappa shape index (κ2) is 4.28. The Balaban J connectivity index is 2.07. The smallest absolute Gasteiger partial charge is 0.243 e. The summed E-state index contributed by atoms with van der Waals surface area (Å²) in [4.78, 5) is 4.35. The zero-order valence-corrected chi connectivity index (χ0v) is 9.10. The fraction of sp³-hybridized carbons (Fsp3) is 0.800. The molecule has 2 rings (SSSR count). The third-order valence-corrected chi connectivity index (χ3v) is 2.92. The lowest BCUT2D eigenvalue weighted by atomic mass is 10.1. The number of nitrogens with one attached hydrogen (secondary N) is 1. The van der Waals surface area contributed by atoms with Crippen LogP contribution in [0.15, 0.2) is 4.52 Å². The average Bonchev–Trinajstić information content (AvgIpc) is 2.84. The van der Waals surface area contributed by atoms with Crippen LogP contribution in [-0.2, 0) is 0 Å². The van der Waals surface area contributed by atoms with Gasteiger partial charge in [0, 0.05) is 12.5 Å². The Kier molecular flexibility index (Phi) is 3.02. The van der Waals surface area contributed by atoms with Crippen LogP contribution in [-0.4, -0.2) is 27.9 Å². The Labute approximate surface area is 88.9 Å². The number of nitrogens with zero attached hydrogens (tertiary/aromatic N) is 2. The van der Waals surface area contributed by atoms with Crippen LogP contribution >= 0.6 is 0 Å². The van der Waals surface area contributed by atoms with Crippen LogP contribution < -0.4 is 5.32 Å². The summed E-state index contributed by atoms with van der Waals surface area (Å²) >= 11 is 0. The van der Waals surface area contributed by atoms with Crippen molar-refractivity contribution in [1.29, 1.82) is 0 Å². The minimum Gasteiger partial charge on any atom is -0.392 e. The van der Waals surface area contributed by atoms with Crippen molar-refractivity contribution < 1.29 is 9.63 Å². The number of aliphatic hydroxyl groups excluding tert-OH is 1. The van der Waals surface area contributed by atoms with Gasteiger partial charge in [0.25, 0.3) is 0 Å². The molecule has 5 heteroatoms. The molecular weight excluding hydrogens is 194 g/mol. The average molecular weight is 211 g/mol. The summed E-state index contributed by atoms with van der Waals surface area (Å²) in [7, 11) is 0. The predicted molar refractivity (Wildman–Crippen MR) is 54.4 cm³/mol. The minimum atomic E-state index is -0.297. The zero-order chi connectivity index (χ0) is 10.8. The van der Waals surface area contributed by atoms with Crippen molar-refractivity contribution in [2.24, 2.45) is 0 Å². The van der Waals surface area contributed by atoms with Gasteiger partial charge in [-0.05, 0) is 12.8 Å². The Morgan fingerprint density at radius 3 is 3.07 bits per heavy atom. The van der Waals surface area contributed by atoms with Crippen LogP contribution in [0, 0.1) is 0 Å². The second-order valence-electron chi connectivity index (χ2n) is 4.15. The summed E-state index contributed by atoms with van der Waals surface area (Å²) < 4.78 is 5.19. The van der Waals surface area contributed by atoms with E-state index in [2.05, 4.69) is 29.3 Å². The van der Waals surface area contributed by atoms with Gasteiger partial charge in [-0.3, -0.25) is 0 Å². The largest absolute Gasteiger partial charge is 0.392 e. The van der Waals surface area contributed by atoms with Gasteiger partial charge in [0.15, 0.2) is 5.82 Å². The minimum absolute atomic E-state index is 0.0188. The predicted octanol–water partition coefficient (Wildman–Crippen LogP) is 0.978. The monoisotopic (exact) mass is 211 g/mol. The van der Waals surface area contributed by atoms with E-state index in [4.69, 9.17) is 4.52 Å². The van der Waals surface area contributed by atoms with Crippen LogP contribution in [0.5, 0.6) is 0 Å². The maximum absolute atomic E-state index is 9.37. The van der Waals surface area contributed by atoms with Crippen molar-refractivity contribution >= 4 is 0 Å². The molecule has 0 amide bonds. The van der Waals surface area contributed by atoms with Crippen LogP contribution in [0.2, 0.25) is 0 Å². The first kappa shape index (κ1) is 10.6. The lowest BCUT2D eigenvalue weighted by molar-refractivity contribution is 0.191. The van der Waals surface area contributed by atoms with E-state index < -0.39 is 0 Å². The molecule has 1 aromatic heterocycles. The molecule has 15 heavy (non-hydrogen) atoms. The maximum atomic E-state index is 9.37. The Hall–Kier alpha value is -0.940. The van der Waals surface area contributed by atoms with Gasteiger partial charge < -0.3 is 14.9 Å². The molecule has 1 fully saturated rings. The molecule has 1 aliphatic heterocycles. The number of hydrogen-bond donors (Lipinski definition) is 2. The molecule has 0 aromatic carbocycles. The first-order valence-corrected chi connectivity index (χ1v) is 5.45. The molecule has 1 unspecified atom stereocenters. The molecule has 1 aromatic rings. The molecule has 0 spiro atoms. The maximum Gasteiger partial charge on any atom is 0.243 e. The fourth-order valence-corrected chi connectivity index (χ4v) is 1.68. The summed E-state index contributed by atoms with van der Waals surface area (Å²) in [6, 6.07) is 0.0188. The molecular formula is C10H17N3O2. The molecule has 2 N–H and O–H groups in total. The molecule has 1 aliphatic rings. The van der Waals surface area contributed by atoms with Crippen molar-refractivity contribution in [3.8, 4) is 0 Å². The van der Waals surface area contributed by atoms with Crippen molar-refractivity contribution in [1.82, 2.24) is 15.5 Å². The van der Waals surface area contributed by atoms with Crippen LogP contribution in [0.4, 0.5) is 0 Å². The number of rotatable bonds is 3. The highest BCUT2D eigenvalue weighted by atomic mass is 16.5. The van der Waals surface area contributed by atoms with Crippen LogP contribution in [0.3, 0.4) is 0 Å². The molecule has 3 atom stereocenters. The number of β-amino-alcohol motifs (C(OH)–C–C–N with tert-alkyl or cyclic N) is 1. The third kappa shape index (κ3) is 2.18. The van der Waals surface area contributed by atoms with Gasteiger partial charge in [-0.15, -0.1) is 0 Å². The third-order valence-electron chi connectivity index (χ3n) is 2.92. The van der Waals surface area contributed by atoms with Gasteiger partial charge in [-0.1, -0.05) is 19.0 Å². The highest BCUT2D eigenvalue weighted by molar-refractivity contribution is 5.00. The summed E-state index contributed by atoms with van der Waals surface area (Å²) in [5.74, 6) is 1.69. The highest BCUT2D eigenvalue weighted by Gasteiger charge is 2.28. The Morgan fingerprint density at radius 1 is 1.67 bits per heavy atom. The number of hydrogen-bond acceptors (Lipinski definition) is 5. The normalized spacial score (nSPS) is 28.2. The van der Waals surface area contributed by atoms with Gasteiger partial charge in [-0.2, -0.15) is 4.98 Å². The van der Waals surface area contributed by atoms with E-state index >= 15 is 0 Å². The van der Waals surface area contributed by atoms with E-state index in [1.807, 2.05) is 0 Å². The Bertz CT molecular complexity index is 326. The number of aliphatic hydroxyl groups is 1. The van der Waals surface area contributed by atoms with Crippen LogP contribution in [0.25, 0.3) is 0 Å². The molecule has 2 heterocycles. The fourth-order valence-electron chi connectivity index (χ4n) is 1.68. The molecule has 0 radical (unpaired) electrons. The topological polar surface area (TPSA) is 71.2 Å². The van der Waals surface area contributed by atoms with Gasteiger partial charge >= 0.3 is 0 Å². The summed E-state index contributed by atoms with van der Waals surface area (Å²) in [6.45, 7) is 4.77. The van der Waals surface area contributed by atoms with Crippen molar-refractivity contribution in [2.75, 3.05) is 6.54 Å². The van der Waals surface area contributed by atoms with Gasteiger partial charge in [0.2, 0.25) is 5.89 Å². The lowest BCUT2D eigenvalue weighted by Gasteiger charge is -2.02. The van der Waals surface area contributed by atoms with Crippen molar-refractivity contribution in [3.63, 3.8) is 0 Å². The van der Waals surface area contributed by atoms with Crippen LogP contribution in [0.1, 0.15) is 50.4 Å². The number of aromatic nitrogens is 2. The summed E-state index contributed by atoms with van der Waals surface area (Å²) in [5.41, 5.74) is 0. The van der Waals surface area contributed by atoms with Crippen molar-refractivity contribution in [2.45, 2.75) is 44.8 Å². The van der Waals surface area contributed by atoms with E-state index in [1.54, 1.807) is 0 Å². The molecule has 0 saturated carbocycles. The molecule has 5 nitrogen and oxygen atoms in total. The quantitative estimate of drug-likeness (QED) is 0.779. The Morgan fingerprint density at radius 2 is 2.47 bits per heavy atom.